The second-order valence-corrected chi connectivity index (χ2v) is 10.2. The maximum Gasteiger partial charge on any atom is 0.408 e. The lowest BCUT2D eigenvalue weighted by Crippen LogP contribution is -2.45. The number of benzene rings is 5. The Bertz CT molecular complexity index is 1830. The lowest BCUT2D eigenvalue weighted by molar-refractivity contribution is -0.118. The summed E-state index contributed by atoms with van der Waals surface area (Å²) in [5.74, 6) is 0.333. The van der Waals surface area contributed by atoms with E-state index in [1.807, 2.05) is 121 Å². The van der Waals surface area contributed by atoms with Crippen molar-refractivity contribution in [1.82, 2.24) is 5.32 Å². The molecule has 6 aromatic rings. The van der Waals surface area contributed by atoms with E-state index < -0.39 is 12.1 Å². The topological polar surface area (TPSA) is 89.8 Å². The summed E-state index contributed by atoms with van der Waals surface area (Å²) in [6.45, 7) is 0.548. The number of hydrogen-bond donors (Lipinski definition) is 2. The van der Waals surface area contributed by atoms with Crippen LogP contribution in [-0.2, 0) is 29.2 Å². The Hall–Kier alpha value is -5.56. The lowest BCUT2D eigenvalue weighted by Gasteiger charge is -2.19. The van der Waals surface area contributed by atoms with Gasteiger partial charge in [0, 0.05) is 28.9 Å². The first kappa shape index (κ1) is 27.6. The smallest absolute Gasteiger partial charge is 0.408 e. The fraction of sp³-hybridized carbons (Fsp3) is 0.111. The highest BCUT2D eigenvalue weighted by Crippen LogP contribution is 2.30. The highest BCUT2D eigenvalue weighted by molar-refractivity contribution is 6.06. The van der Waals surface area contributed by atoms with Gasteiger partial charge in [-0.2, -0.15) is 0 Å². The summed E-state index contributed by atoms with van der Waals surface area (Å²) in [5.41, 5.74) is 4.77. The Morgan fingerprint density at radius 3 is 2.05 bits per heavy atom. The number of carbonyl (C=O) groups is 2. The fourth-order valence-electron chi connectivity index (χ4n) is 4.85. The quantitative estimate of drug-likeness (QED) is 0.177. The van der Waals surface area contributed by atoms with Crippen LogP contribution in [0.25, 0.3) is 21.9 Å². The highest BCUT2D eigenvalue weighted by Gasteiger charge is 2.23. The molecule has 1 atom stereocenters. The van der Waals surface area contributed by atoms with Gasteiger partial charge in [-0.1, -0.05) is 91.0 Å². The first-order chi connectivity index (χ1) is 21.1. The van der Waals surface area contributed by atoms with E-state index in [-0.39, 0.29) is 18.9 Å². The number of carbonyl (C=O) groups excluding carboxylic acids is 2. The van der Waals surface area contributed by atoms with Crippen LogP contribution in [0.3, 0.4) is 0 Å². The van der Waals surface area contributed by atoms with Crippen molar-refractivity contribution in [3.63, 3.8) is 0 Å². The van der Waals surface area contributed by atoms with Crippen LogP contribution in [0.15, 0.2) is 132 Å². The van der Waals surface area contributed by atoms with Crippen LogP contribution in [0.4, 0.5) is 10.5 Å². The Labute approximate surface area is 249 Å². The third-order valence-corrected chi connectivity index (χ3v) is 7.08. The van der Waals surface area contributed by atoms with E-state index in [1.165, 1.54) is 0 Å². The summed E-state index contributed by atoms with van der Waals surface area (Å²) in [5, 5.41) is 7.65. The zero-order valence-corrected chi connectivity index (χ0v) is 23.4. The van der Waals surface area contributed by atoms with Crippen LogP contribution in [0, 0.1) is 0 Å². The molecule has 0 saturated heterocycles. The molecule has 6 rings (SSSR count). The summed E-state index contributed by atoms with van der Waals surface area (Å²) < 4.78 is 17.3. The molecule has 0 saturated carbocycles. The normalized spacial score (nSPS) is 11.6. The van der Waals surface area contributed by atoms with Gasteiger partial charge in [0.2, 0.25) is 5.91 Å². The molecule has 1 aromatic heterocycles. The van der Waals surface area contributed by atoms with Gasteiger partial charge in [-0.3, -0.25) is 4.79 Å². The average molecular weight is 571 g/mol. The Kier molecular flexibility index (Phi) is 8.32. The first-order valence-electron chi connectivity index (χ1n) is 14.1. The standard InChI is InChI=1S/C36H30N2O5/c39-35(37-28-17-20-31-30-13-7-8-14-33(30)43-34(31)22-28)32(38-36(40)42-24-27-11-5-2-6-12-27)21-25-15-18-29(19-16-25)41-23-26-9-3-1-4-10-26/h1-20,22,32H,21,23-24H2,(H,37,39)(H,38,40)/t32-/m1/s1. The van der Waals surface area contributed by atoms with E-state index in [0.29, 0.717) is 23.6 Å². The van der Waals surface area contributed by atoms with Crippen molar-refractivity contribution in [1.29, 1.82) is 0 Å². The molecule has 0 spiro atoms. The minimum Gasteiger partial charge on any atom is -0.489 e. The van der Waals surface area contributed by atoms with Crippen molar-refractivity contribution in [3.05, 3.63) is 144 Å². The third-order valence-electron chi connectivity index (χ3n) is 7.08. The molecule has 0 bridgehead atoms. The van der Waals surface area contributed by atoms with Crippen molar-refractivity contribution in [3.8, 4) is 5.75 Å². The van der Waals surface area contributed by atoms with Crippen LogP contribution in [-0.4, -0.2) is 18.0 Å². The van der Waals surface area contributed by atoms with E-state index in [2.05, 4.69) is 10.6 Å². The average Bonchev–Trinajstić information content (AvgIpc) is 3.42. The Morgan fingerprint density at radius 1 is 0.651 bits per heavy atom. The largest absolute Gasteiger partial charge is 0.489 e. The molecule has 0 fully saturated rings. The lowest BCUT2D eigenvalue weighted by atomic mass is 10.0. The molecular formula is C36H30N2O5. The van der Waals surface area contributed by atoms with Crippen molar-refractivity contribution < 1.29 is 23.5 Å². The Balaban J connectivity index is 1.15. The number of anilines is 1. The summed E-state index contributed by atoms with van der Waals surface area (Å²) >= 11 is 0. The van der Waals surface area contributed by atoms with Gasteiger partial charge in [0.1, 0.15) is 36.2 Å². The molecule has 7 heteroatoms. The fourth-order valence-corrected chi connectivity index (χ4v) is 4.85. The second-order valence-electron chi connectivity index (χ2n) is 10.2. The minimum atomic E-state index is -0.897. The van der Waals surface area contributed by atoms with Gasteiger partial charge >= 0.3 is 6.09 Å². The molecule has 2 amide bonds. The van der Waals surface area contributed by atoms with Crippen LogP contribution in [0.5, 0.6) is 5.75 Å². The predicted molar refractivity (Wildman–Crippen MR) is 167 cm³/mol. The van der Waals surface area contributed by atoms with Gasteiger partial charge in [0.15, 0.2) is 0 Å². The number of fused-ring (bicyclic) bond motifs is 3. The molecule has 0 aliphatic heterocycles. The van der Waals surface area contributed by atoms with Crippen molar-refractivity contribution >= 4 is 39.6 Å². The minimum absolute atomic E-state index is 0.0944. The maximum atomic E-state index is 13.5. The number of alkyl carbamates (subject to hydrolysis) is 1. The van der Waals surface area contributed by atoms with E-state index >= 15 is 0 Å². The molecule has 0 aliphatic rings. The second kappa shape index (κ2) is 13.0. The van der Waals surface area contributed by atoms with Gasteiger partial charge in [0.25, 0.3) is 0 Å². The number of hydrogen-bond acceptors (Lipinski definition) is 5. The molecule has 0 aliphatic carbocycles. The number of ether oxygens (including phenoxy) is 2. The van der Waals surface area contributed by atoms with Gasteiger partial charge in [-0.15, -0.1) is 0 Å². The summed E-state index contributed by atoms with van der Waals surface area (Å²) in [7, 11) is 0. The number of rotatable bonds is 10. The van der Waals surface area contributed by atoms with E-state index in [4.69, 9.17) is 13.9 Å². The summed E-state index contributed by atoms with van der Waals surface area (Å²) in [6.07, 6.45) is -0.433. The monoisotopic (exact) mass is 570 g/mol. The predicted octanol–water partition coefficient (Wildman–Crippen LogP) is 7.64. The van der Waals surface area contributed by atoms with Crippen LogP contribution >= 0.6 is 0 Å². The number of furan rings is 1. The van der Waals surface area contributed by atoms with Crippen LogP contribution in [0.2, 0.25) is 0 Å². The molecule has 2 N–H and O–H groups in total. The first-order valence-corrected chi connectivity index (χ1v) is 14.1. The molecule has 43 heavy (non-hydrogen) atoms. The summed E-state index contributed by atoms with van der Waals surface area (Å²) in [6, 6.07) is 39.2. The van der Waals surface area contributed by atoms with E-state index in [0.717, 1.165) is 33.0 Å². The van der Waals surface area contributed by atoms with Crippen molar-refractivity contribution in [2.24, 2.45) is 0 Å². The van der Waals surface area contributed by atoms with Gasteiger partial charge in [-0.25, -0.2) is 4.79 Å². The zero-order chi connectivity index (χ0) is 29.4. The molecule has 5 aromatic carbocycles. The van der Waals surface area contributed by atoms with E-state index in [9.17, 15) is 9.59 Å². The summed E-state index contributed by atoms with van der Waals surface area (Å²) in [4.78, 5) is 26.3. The van der Waals surface area contributed by atoms with Gasteiger partial charge in [-0.05, 0) is 47.0 Å². The molecule has 0 radical (unpaired) electrons. The SMILES string of the molecule is O=C(N[C@H](Cc1ccc(OCc2ccccc2)cc1)C(=O)Nc1ccc2c(c1)oc1ccccc12)OCc1ccccc1. The molecule has 1 heterocycles. The Morgan fingerprint density at radius 2 is 1.30 bits per heavy atom. The molecule has 214 valence electrons. The van der Waals surface area contributed by atoms with Crippen molar-refractivity contribution in [2.45, 2.75) is 25.7 Å². The third kappa shape index (κ3) is 7.02. The molecule has 7 nitrogen and oxygen atoms in total. The number of nitrogens with one attached hydrogen (secondary N) is 2. The number of para-hydroxylation sites is 1. The maximum absolute atomic E-state index is 13.5. The van der Waals surface area contributed by atoms with Crippen LogP contribution < -0.4 is 15.4 Å². The number of amides is 2. The zero-order valence-electron chi connectivity index (χ0n) is 23.4. The van der Waals surface area contributed by atoms with Gasteiger partial charge in [0.05, 0.1) is 0 Å². The highest BCUT2D eigenvalue weighted by atomic mass is 16.5. The molecule has 0 unspecified atom stereocenters. The van der Waals surface area contributed by atoms with E-state index in [1.54, 1.807) is 6.07 Å². The van der Waals surface area contributed by atoms with Gasteiger partial charge < -0.3 is 24.5 Å². The van der Waals surface area contributed by atoms with Crippen LogP contribution in [0.1, 0.15) is 16.7 Å². The molecular weight excluding hydrogens is 540 g/mol. The van der Waals surface area contributed by atoms with Crippen molar-refractivity contribution in [2.75, 3.05) is 5.32 Å².